The van der Waals surface area contributed by atoms with E-state index in [9.17, 15) is 0 Å². The molecule has 0 radical (unpaired) electrons. The molecule has 316 valence electrons. The van der Waals surface area contributed by atoms with Gasteiger partial charge in [0.1, 0.15) is 0 Å². The van der Waals surface area contributed by atoms with Crippen molar-refractivity contribution in [3.05, 3.63) is 279 Å². The number of fused-ring (bicyclic) bond motifs is 4. The van der Waals surface area contributed by atoms with Crippen molar-refractivity contribution in [2.24, 2.45) is 0 Å². The third-order valence-electron chi connectivity index (χ3n) is 13.5. The van der Waals surface area contributed by atoms with Gasteiger partial charge in [0, 0.05) is 27.8 Å². The number of hydrogen-bond donors (Lipinski definition) is 0. The van der Waals surface area contributed by atoms with E-state index in [4.69, 9.17) is 0 Å². The molecule has 0 aliphatic rings. The van der Waals surface area contributed by atoms with E-state index in [1.54, 1.807) is 0 Å². The molecule has 0 saturated carbocycles. The van der Waals surface area contributed by atoms with Crippen LogP contribution in [0.4, 0.5) is 17.1 Å². The zero-order valence-electron chi connectivity index (χ0n) is 37.0. The highest BCUT2D eigenvalue weighted by molar-refractivity contribution is 7.19. The largest absolute Gasteiger partial charge is 0.310 e. The van der Waals surface area contributed by atoms with E-state index in [-0.39, 0.29) is 0 Å². The third-order valence-corrected chi connectivity index (χ3v) is 18.3. The van der Waals surface area contributed by atoms with Gasteiger partial charge in [0.2, 0.25) is 0 Å². The number of nitrogens with zero attached hydrogens (tertiary/aromatic N) is 2. The van der Waals surface area contributed by atoms with Gasteiger partial charge in [-0.25, -0.2) is 0 Å². The first-order valence-electron chi connectivity index (χ1n) is 23.1. The normalized spacial score (nSPS) is 11.6. The Balaban J connectivity index is 0.977. The molecular weight excluding hydrogens is 825 g/mol. The molecule has 0 amide bonds. The molecule has 0 saturated heterocycles. The first kappa shape index (κ1) is 40.0. The van der Waals surface area contributed by atoms with E-state index in [1.807, 2.05) is 0 Å². The molecular formula is C64H46N2Si. The molecule has 3 heteroatoms. The molecule has 2 nitrogen and oxygen atoms in total. The second-order valence-corrected chi connectivity index (χ2v) is 21.1. The standard InChI is InChI=1S/C64H46N2Si/c1-5-20-53(21-6-1)66-61-29-16-15-28-60(61)64-62(30-17-31-63(64)66)65(55-42-36-50(37-43-55)52-33-32-47-18-13-14-19-51(47)46-52)54-40-34-48(35-41-54)49-38-44-59(45-39-49)67(56-22-7-2-8-23-56,57-24-9-3-10-25-57)58-26-11-4-12-27-58/h1-46H. The Bertz CT molecular complexity index is 3550. The van der Waals surface area contributed by atoms with Gasteiger partial charge in [0.05, 0.1) is 16.7 Å². The van der Waals surface area contributed by atoms with E-state index in [0.29, 0.717) is 0 Å². The fraction of sp³-hybridized carbons (Fsp3) is 0. The minimum atomic E-state index is -2.63. The highest BCUT2D eigenvalue weighted by Crippen LogP contribution is 2.44. The van der Waals surface area contributed by atoms with E-state index < -0.39 is 8.07 Å². The van der Waals surface area contributed by atoms with E-state index >= 15 is 0 Å². The van der Waals surface area contributed by atoms with Crippen molar-refractivity contribution in [1.29, 1.82) is 0 Å². The lowest BCUT2D eigenvalue weighted by Gasteiger charge is -2.34. The third kappa shape index (κ3) is 7.05. The zero-order chi connectivity index (χ0) is 44.6. The average molecular weight is 871 g/mol. The first-order valence-corrected chi connectivity index (χ1v) is 25.1. The van der Waals surface area contributed by atoms with Crippen LogP contribution in [-0.4, -0.2) is 12.6 Å². The highest BCUT2D eigenvalue weighted by atomic mass is 28.3. The van der Waals surface area contributed by atoms with Crippen LogP contribution in [-0.2, 0) is 0 Å². The Morgan fingerprint density at radius 2 is 0.731 bits per heavy atom. The Kier molecular flexibility index (Phi) is 10.2. The van der Waals surface area contributed by atoms with Crippen LogP contribution in [0.25, 0.3) is 60.5 Å². The zero-order valence-corrected chi connectivity index (χ0v) is 38.0. The van der Waals surface area contributed by atoms with Crippen molar-refractivity contribution in [1.82, 2.24) is 4.57 Å². The predicted molar refractivity (Wildman–Crippen MR) is 287 cm³/mol. The van der Waals surface area contributed by atoms with Gasteiger partial charge in [-0.05, 0) is 114 Å². The van der Waals surface area contributed by atoms with Crippen LogP contribution in [0, 0.1) is 0 Å². The molecule has 12 aromatic rings. The van der Waals surface area contributed by atoms with Crippen LogP contribution in [0.5, 0.6) is 0 Å². The summed E-state index contributed by atoms with van der Waals surface area (Å²) in [6, 6.07) is 103. The SMILES string of the molecule is c1ccc(-n2c3ccccc3c3c(N(c4ccc(-c5ccc([Si](c6ccccc6)(c6ccccc6)c6ccccc6)cc5)cc4)c4ccc(-c5ccc6ccccc6c5)cc4)cccc32)cc1. The van der Waals surface area contributed by atoms with Crippen LogP contribution < -0.4 is 25.6 Å². The van der Waals surface area contributed by atoms with Gasteiger partial charge in [-0.3, -0.25) is 0 Å². The van der Waals surface area contributed by atoms with Gasteiger partial charge < -0.3 is 9.47 Å². The van der Waals surface area contributed by atoms with Crippen LogP contribution in [0.15, 0.2) is 279 Å². The summed E-state index contributed by atoms with van der Waals surface area (Å²) in [5.74, 6) is 0. The van der Waals surface area contributed by atoms with Crippen molar-refractivity contribution in [3.8, 4) is 27.9 Å². The molecule has 12 rings (SSSR count). The van der Waals surface area contributed by atoms with Crippen molar-refractivity contribution < 1.29 is 0 Å². The summed E-state index contributed by atoms with van der Waals surface area (Å²) in [7, 11) is -2.63. The summed E-state index contributed by atoms with van der Waals surface area (Å²) in [4.78, 5) is 2.43. The summed E-state index contributed by atoms with van der Waals surface area (Å²) in [5, 5.41) is 10.4. The predicted octanol–water partition coefficient (Wildman–Crippen LogP) is 14.1. The van der Waals surface area contributed by atoms with E-state index in [1.165, 1.54) is 75.6 Å². The molecule has 1 aromatic heterocycles. The number of aromatic nitrogens is 1. The van der Waals surface area contributed by atoms with Crippen molar-refractivity contribution in [2.45, 2.75) is 0 Å². The quantitative estimate of drug-likeness (QED) is 0.0982. The van der Waals surface area contributed by atoms with E-state index in [2.05, 4.69) is 289 Å². The molecule has 0 N–H and O–H groups in total. The number of rotatable bonds is 10. The number of anilines is 3. The molecule has 0 aliphatic heterocycles. The summed E-state index contributed by atoms with van der Waals surface area (Å²) in [6.07, 6.45) is 0. The molecule has 0 spiro atoms. The first-order chi connectivity index (χ1) is 33.2. The lowest BCUT2D eigenvalue weighted by Crippen LogP contribution is -2.74. The number of para-hydroxylation sites is 2. The summed E-state index contributed by atoms with van der Waals surface area (Å²) < 4.78 is 2.40. The Labute approximate surface area is 392 Å². The lowest BCUT2D eigenvalue weighted by molar-refractivity contribution is 1.18. The Morgan fingerprint density at radius 1 is 0.299 bits per heavy atom. The van der Waals surface area contributed by atoms with Crippen LogP contribution in [0.2, 0.25) is 0 Å². The molecule has 0 aliphatic carbocycles. The molecule has 0 unspecified atom stereocenters. The maximum atomic E-state index is 2.43. The van der Waals surface area contributed by atoms with Crippen molar-refractivity contribution in [3.63, 3.8) is 0 Å². The summed E-state index contributed by atoms with van der Waals surface area (Å²) >= 11 is 0. The molecule has 1 heterocycles. The summed E-state index contributed by atoms with van der Waals surface area (Å²) in [6.45, 7) is 0. The van der Waals surface area contributed by atoms with Gasteiger partial charge in [0.25, 0.3) is 0 Å². The second-order valence-electron chi connectivity index (χ2n) is 17.3. The van der Waals surface area contributed by atoms with Gasteiger partial charge in [-0.1, -0.05) is 218 Å². The van der Waals surface area contributed by atoms with Crippen LogP contribution in [0.1, 0.15) is 0 Å². The van der Waals surface area contributed by atoms with E-state index in [0.717, 1.165) is 22.7 Å². The minimum absolute atomic E-state index is 1.09. The maximum absolute atomic E-state index is 2.63. The molecule has 0 fully saturated rings. The van der Waals surface area contributed by atoms with Gasteiger partial charge >= 0.3 is 0 Å². The summed E-state index contributed by atoms with van der Waals surface area (Å²) in [5.41, 5.74) is 11.6. The lowest BCUT2D eigenvalue weighted by atomic mass is 10.0. The molecule has 0 atom stereocenters. The smallest absolute Gasteiger partial charge is 0.179 e. The number of hydrogen-bond acceptors (Lipinski definition) is 1. The fourth-order valence-electron chi connectivity index (χ4n) is 10.4. The highest BCUT2D eigenvalue weighted by Gasteiger charge is 2.41. The molecule has 67 heavy (non-hydrogen) atoms. The van der Waals surface area contributed by atoms with Crippen LogP contribution in [0.3, 0.4) is 0 Å². The topological polar surface area (TPSA) is 8.17 Å². The van der Waals surface area contributed by atoms with Crippen molar-refractivity contribution in [2.75, 3.05) is 4.90 Å². The second kappa shape index (κ2) is 17.1. The molecule has 11 aromatic carbocycles. The fourth-order valence-corrected chi connectivity index (χ4v) is 15.2. The van der Waals surface area contributed by atoms with Gasteiger partial charge in [-0.15, -0.1) is 0 Å². The monoisotopic (exact) mass is 870 g/mol. The van der Waals surface area contributed by atoms with Gasteiger partial charge in [-0.2, -0.15) is 0 Å². The van der Waals surface area contributed by atoms with Gasteiger partial charge in [0.15, 0.2) is 8.07 Å². The Morgan fingerprint density at radius 3 is 1.31 bits per heavy atom. The molecule has 0 bridgehead atoms. The number of benzene rings is 11. The maximum Gasteiger partial charge on any atom is 0.179 e. The Hall–Kier alpha value is -8.50. The minimum Gasteiger partial charge on any atom is -0.310 e. The average Bonchev–Trinajstić information content (AvgIpc) is 3.76. The van der Waals surface area contributed by atoms with Crippen molar-refractivity contribution >= 4 is 78.5 Å². The van der Waals surface area contributed by atoms with Crippen LogP contribution >= 0.6 is 0 Å².